The van der Waals surface area contributed by atoms with Crippen LogP contribution in [0.15, 0.2) is 42.5 Å². The first-order valence-electron chi connectivity index (χ1n) is 10.1. The van der Waals surface area contributed by atoms with Crippen molar-refractivity contribution in [3.05, 3.63) is 64.7 Å². The first kappa shape index (κ1) is 19.0. The Labute approximate surface area is 166 Å². The summed E-state index contributed by atoms with van der Waals surface area (Å²) >= 11 is 0. The van der Waals surface area contributed by atoms with E-state index in [1.54, 1.807) is 7.11 Å². The second-order valence-corrected chi connectivity index (χ2v) is 7.59. The van der Waals surface area contributed by atoms with Crippen LogP contribution in [-0.4, -0.2) is 49.3 Å². The van der Waals surface area contributed by atoms with Crippen molar-refractivity contribution in [3.63, 3.8) is 0 Å². The predicted molar refractivity (Wildman–Crippen MR) is 109 cm³/mol. The number of hydrogen-bond acceptors (Lipinski definition) is 4. The normalized spacial score (nSPS) is 20.6. The van der Waals surface area contributed by atoms with Crippen molar-refractivity contribution in [2.45, 2.75) is 31.2 Å². The van der Waals surface area contributed by atoms with Gasteiger partial charge in [-0.1, -0.05) is 30.3 Å². The predicted octanol–water partition coefficient (Wildman–Crippen LogP) is 2.24. The average Bonchev–Trinajstić information content (AvgIpc) is 2.74. The lowest BCUT2D eigenvalue weighted by Gasteiger charge is -2.51. The molecule has 148 valence electrons. The van der Waals surface area contributed by atoms with E-state index in [4.69, 9.17) is 9.84 Å². The average molecular weight is 380 g/mol. The fourth-order valence-electron chi connectivity index (χ4n) is 4.95. The standard InChI is InChI=1S/C23H28N2O3/c1-28-19-8-9-21-18(15-19)10-13-25(22(27)16-24-12-14-26)23(21)11-4-6-17-5-2-3-7-20(17)23/h2-3,5,7-9,15,24,26H,4,6,10-14,16H2,1H3. The molecule has 0 aromatic heterocycles. The molecule has 4 rings (SSSR count). The number of ether oxygens (including phenoxy) is 1. The van der Waals surface area contributed by atoms with Crippen LogP contribution in [-0.2, 0) is 23.2 Å². The molecule has 1 unspecified atom stereocenters. The molecule has 2 aromatic carbocycles. The lowest BCUT2D eigenvalue weighted by molar-refractivity contribution is -0.136. The van der Waals surface area contributed by atoms with Crippen LogP contribution < -0.4 is 10.1 Å². The number of methoxy groups -OCH3 is 1. The molecule has 5 nitrogen and oxygen atoms in total. The van der Waals surface area contributed by atoms with Crippen LogP contribution in [0.3, 0.4) is 0 Å². The van der Waals surface area contributed by atoms with Crippen LogP contribution in [0.1, 0.15) is 35.1 Å². The Morgan fingerprint density at radius 1 is 1.18 bits per heavy atom. The number of carbonyl (C=O) groups excluding carboxylic acids is 1. The number of nitrogens with zero attached hydrogens (tertiary/aromatic N) is 1. The lowest BCUT2D eigenvalue weighted by Crippen LogP contribution is -2.57. The van der Waals surface area contributed by atoms with Gasteiger partial charge in [0.2, 0.25) is 5.91 Å². The van der Waals surface area contributed by atoms with E-state index in [0.717, 1.165) is 31.4 Å². The summed E-state index contributed by atoms with van der Waals surface area (Å²) in [6.07, 6.45) is 3.85. The van der Waals surface area contributed by atoms with Gasteiger partial charge in [0.15, 0.2) is 0 Å². The van der Waals surface area contributed by atoms with Gasteiger partial charge in [0.1, 0.15) is 5.75 Å². The maximum absolute atomic E-state index is 13.2. The van der Waals surface area contributed by atoms with Crippen LogP contribution in [0.5, 0.6) is 5.75 Å². The second-order valence-electron chi connectivity index (χ2n) is 7.59. The maximum Gasteiger partial charge on any atom is 0.237 e. The fraction of sp³-hybridized carbons (Fsp3) is 0.435. The molecule has 5 heteroatoms. The van der Waals surface area contributed by atoms with Crippen LogP contribution >= 0.6 is 0 Å². The summed E-state index contributed by atoms with van der Waals surface area (Å²) in [7, 11) is 1.69. The van der Waals surface area contributed by atoms with Crippen molar-refractivity contribution in [2.75, 3.05) is 33.4 Å². The summed E-state index contributed by atoms with van der Waals surface area (Å²) in [5.74, 6) is 0.953. The summed E-state index contributed by atoms with van der Waals surface area (Å²) in [5, 5.41) is 12.1. The zero-order chi connectivity index (χ0) is 19.6. The third-order valence-corrected chi connectivity index (χ3v) is 6.14. The summed E-state index contributed by atoms with van der Waals surface area (Å²) in [5.41, 5.74) is 4.65. The number of hydrogen-bond donors (Lipinski definition) is 2. The third-order valence-electron chi connectivity index (χ3n) is 6.14. The van der Waals surface area contributed by atoms with Gasteiger partial charge in [0.25, 0.3) is 0 Å². The zero-order valence-corrected chi connectivity index (χ0v) is 16.4. The van der Waals surface area contributed by atoms with Gasteiger partial charge in [-0.25, -0.2) is 0 Å². The highest BCUT2D eigenvalue weighted by atomic mass is 16.5. The van der Waals surface area contributed by atoms with E-state index in [0.29, 0.717) is 13.1 Å². The monoisotopic (exact) mass is 380 g/mol. The molecule has 0 fully saturated rings. The van der Waals surface area contributed by atoms with E-state index in [-0.39, 0.29) is 19.1 Å². The molecule has 1 heterocycles. The van der Waals surface area contributed by atoms with Crippen molar-refractivity contribution >= 4 is 5.91 Å². The van der Waals surface area contributed by atoms with Crippen molar-refractivity contribution < 1.29 is 14.6 Å². The van der Waals surface area contributed by atoms with E-state index in [9.17, 15) is 4.79 Å². The van der Waals surface area contributed by atoms with Crippen LogP contribution in [0.4, 0.5) is 0 Å². The molecule has 0 radical (unpaired) electrons. The first-order valence-corrected chi connectivity index (χ1v) is 10.1. The Bertz CT molecular complexity index is 867. The molecule has 2 aromatic rings. The second kappa shape index (κ2) is 7.94. The number of amides is 1. The Morgan fingerprint density at radius 2 is 2.00 bits per heavy atom. The van der Waals surface area contributed by atoms with Gasteiger partial charge in [-0.2, -0.15) is 0 Å². The largest absolute Gasteiger partial charge is 0.497 e. The molecule has 1 amide bonds. The quantitative estimate of drug-likeness (QED) is 0.781. The molecule has 1 aliphatic carbocycles. The number of fused-ring (bicyclic) bond motifs is 4. The number of benzene rings is 2. The first-order chi connectivity index (χ1) is 13.7. The lowest BCUT2D eigenvalue weighted by atomic mass is 9.68. The Morgan fingerprint density at radius 3 is 2.82 bits per heavy atom. The summed E-state index contributed by atoms with van der Waals surface area (Å²) < 4.78 is 5.45. The molecular weight excluding hydrogens is 352 g/mol. The number of aryl methyl sites for hydroxylation is 1. The molecule has 28 heavy (non-hydrogen) atoms. The van der Waals surface area contributed by atoms with Gasteiger partial charge in [0.05, 0.1) is 25.8 Å². The number of carbonyl (C=O) groups is 1. The van der Waals surface area contributed by atoms with E-state index in [1.165, 1.54) is 22.3 Å². The van der Waals surface area contributed by atoms with Gasteiger partial charge in [-0.05, 0) is 60.1 Å². The van der Waals surface area contributed by atoms with Gasteiger partial charge >= 0.3 is 0 Å². The van der Waals surface area contributed by atoms with E-state index in [1.807, 2.05) is 6.07 Å². The van der Waals surface area contributed by atoms with Gasteiger partial charge in [-0.15, -0.1) is 0 Å². The number of aliphatic hydroxyl groups is 1. The molecular formula is C23H28N2O3. The SMILES string of the molecule is COc1ccc2c(c1)CCN(C(=O)CNCCO)C21CCCc2ccccc21. The van der Waals surface area contributed by atoms with Crippen molar-refractivity contribution in [1.29, 1.82) is 0 Å². The fourth-order valence-corrected chi connectivity index (χ4v) is 4.95. The van der Waals surface area contributed by atoms with Gasteiger partial charge < -0.3 is 20.1 Å². The Hall–Kier alpha value is -2.37. The van der Waals surface area contributed by atoms with Crippen molar-refractivity contribution in [2.24, 2.45) is 0 Å². The highest BCUT2D eigenvalue weighted by molar-refractivity contribution is 5.81. The van der Waals surface area contributed by atoms with Crippen LogP contribution in [0.2, 0.25) is 0 Å². The molecule has 0 saturated heterocycles. The van der Waals surface area contributed by atoms with E-state index in [2.05, 4.69) is 46.6 Å². The number of nitrogens with one attached hydrogen (secondary N) is 1. The Balaban J connectivity index is 1.84. The maximum atomic E-state index is 13.2. The van der Waals surface area contributed by atoms with Crippen molar-refractivity contribution in [3.8, 4) is 5.75 Å². The summed E-state index contributed by atoms with van der Waals surface area (Å²) in [6, 6.07) is 14.8. The molecule has 1 aliphatic heterocycles. The minimum atomic E-state index is -0.424. The smallest absolute Gasteiger partial charge is 0.237 e. The highest BCUT2D eigenvalue weighted by Gasteiger charge is 2.48. The molecule has 1 spiro atoms. The number of aliphatic hydroxyl groups excluding tert-OH is 1. The number of rotatable bonds is 5. The summed E-state index contributed by atoms with van der Waals surface area (Å²) in [4.78, 5) is 15.3. The third kappa shape index (κ3) is 3.09. The molecule has 2 N–H and O–H groups in total. The van der Waals surface area contributed by atoms with Gasteiger partial charge in [0, 0.05) is 13.1 Å². The van der Waals surface area contributed by atoms with Crippen molar-refractivity contribution in [1.82, 2.24) is 10.2 Å². The van der Waals surface area contributed by atoms with E-state index < -0.39 is 5.54 Å². The molecule has 1 atom stereocenters. The molecule has 2 aliphatic rings. The van der Waals surface area contributed by atoms with E-state index >= 15 is 0 Å². The van der Waals surface area contributed by atoms with Crippen LogP contribution in [0.25, 0.3) is 0 Å². The minimum absolute atomic E-state index is 0.0316. The minimum Gasteiger partial charge on any atom is -0.497 e. The zero-order valence-electron chi connectivity index (χ0n) is 16.4. The summed E-state index contributed by atoms with van der Waals surface area (Å²) in [6.45, 7) is 1.39. The molecule has 0 saturated carbocycles. The molecule has 0 bridgehead atoms. The topological polar surface area (TPSA) is 61.8 Å². The Kier molecular flexibility index (Phi) is 5.38. The van der Waals surface area contributed by atoms with Crippen LogP contribution in [0, 0.1) is 0 Å². The highest BCUT2D eigenvalue weighted by Crippen LogP contribution is 2.49. The van der Waals surface area contributed by atoms with Gasteiger partial charge in [-0.3, -0.25) is 4.79 Å².